The lowest BCUT2D eigenvalue weighted by Gasteiger charge is -2.09. The van der Waals surface area contributed by atoms with E-state index in [0.29, 0.717) is 18.8 Å². The summed E-state index contributed by atoms with van der Waals surface area (Å²) in [5.74, 6) is 0.350. The van der Waals surface area contributed by atoms with Crippen LogP contribution in [0, 0.1) is 0 Å². The van der Waals surface area contributed by atoms with Crippen LogP contribution in [-0.2, 0) is 23.4 Å². The van der Waals surface area contributed by atoms with Crippen LogP contribution in [0.3, 0.4) is 0 Å². The maximum absolute atomic E-state index is 11.5. The number of hydrogen-bond donors (Lipinski definition) is 1. The zero-order valence-electron chi connectivity index (χ0n) is 9.39. The highest BCUT2D eigenvalue weighted by Gasteiger charge is 2.30. The summed E-state index contributed by atoms with van der Waals surface area (Å²) in [5.41, 5.74) is 0.942. The van der Waals surface area contributed by atoms with Crippen molar-refractivity contribution in [3.63, 3.8) is 0 Å². The highest BCUT2D eigenvalue weighted by Crippen LogP contribution is 2.19. The van der Waals surface area contributed by atoms with Gasteiger partial charge in [-0.1, -0.05) is 0 Å². The molecule has 1 fully saturated rings. The molecule has 0 radical (unpaired) electrons. The number of rotatable bonds is 4. The van der Waals surface area contributed by atoms with Crippen molar-refractivity contribution in [2.45, 2.75) is 24.6 Å². The van der Waals surface area contributed by atoms with Gasteiger partial charge in [-0.25, -0.2) is 8.42 Å². The first-order valence-electron chi connectivity index (χ1n) is 5.49. The molecule has 1 aromatic rings. The number of nitrogens with one attached hydrogen (secondary N) is 1. The average molecular weight is 243 g/mol. The van der Waals surface area contributed by atoms with Crippen molar-refractivity contribution in [1.29, 1.82) is 0 Å². The summed E-state index contributed by atoms with van der Waals surface area (Å²) in [4.78, 5) is 0. The van der Waals surface area contributed by atoms with E-state index < -0.39 is 9.84 Å². The van der Waals surface area contributed by atoms with Crippen molar-refractivity contribution in [1.82, 2.24) is 15.1 Å². The Morgan fingerprint density at radius 1 is 1.62 bits per heavy atom. The van der Waals surface area contributed by atoms with Gasteiger partial charge in [0.25, 0.3) is 0 Å². The minimum Gasteiger partial charge on any atom is -0.310 e. The molecular formula is C10H17N3O2S. The predicted octanol–water partition coefficient (Wildman–Crippen LogP) is 0.0869. The molecule has 1 unspecified atom stereocenters. The number of hydrogen-bond acceptors (Lipinski definition) is 4. The molecule has 0 saturated carbocycles. The molecule has 1 aromatic heterocycles. The van der Waals surface area contributed by atoms with E-state index in [4.69, 9.17) is 0 Å². The monoisotopic (exact) mass is 243 g/mol. The third kappa shape index (κ3) is 2.62. The van der Waals surface area contributed by atoms with Crippen LogP contribution in [0.2, 0.25) is 0 Å². The van der Waals surface area contributed by atoms with Gasteiger partial charge in [0.05, 0.1) is 16.7 Å². The van der Waals surface area contributed by atoms with Crippen molar-refractivity contribution in [3.8, 4) is 0 Å². The zero-order chi connectivity index (χ0) is 11.6. The van der Waals surface area contributed by atoms with Gasteiger partial charge in [0.2, 0.25) is 0 Å². The Morgan fingerprint density at radius 3 is 3.00 bits per heavy atom. The van der Waals surface area contributed by atoms with Crippen molar-refractivity contribution in [3.05, 3.63) is 18.0 Å². The standard InChI is InChI=1S/C10H17N3O2S/c1-13-5-4-9(12-13)7-11-8-10-3-2-6-16(10,14)15/h4-5,10-11H,2-3,6-8H2,1H3. The maximum atomic E-state index is 11.5. The highest BCUT2D eigenvalue weighted by atomic mass is 32.2. The maximum Gasteiger partial charge on any atom is 0.154 e. The minimum absolute atomic E-state index is 0.198. The van der Waals surface area contributed by atoms with Gasteiger partial charge in [-0.2, -0.15) is 5.10 Å². The van der Waals surface area contributed by atoms with Gasteiger partial charge in [-0.05, 0) is 18.9 Å². The minimum atomic E-state index is -2.82. The molecule has 0 aliphatic carbocycles. The van der Waals surface area contributed by atoms with Crippen molar-refractivity contribution < 1.29 is 8.42 Å². The molecule has 5 nitrogen and oxygen atoms in total. The number of sulfone groups is 1. The SMILES string of the molecule is Cn1ccc(CNCC2CCCS2(=O)=O)n1. The summed E-state index contributed by atoms with van der Waals surface area (Å²) in [6, 6.07) is 1.93. The quantitative estimate of drug-likeness (QED) is 0.814. The van der Waals surface area contributed by atoms with Crippen LogP contribution in [0.1, 0.15) is 18.5 Å². The van der Waals surface area contributed by atoms with Crippen LogP contribution in [0.4, 0.5) is 0 Å². The largest absolute Gasteiger partial charge is 0.310 e. The Kier molecular flexibility index (Phi) is 3.30. The molecule has 6 heteroatoms. The van der Waals surface area contributed by atoms with Gasteiger partial charge in [0.1, 0.15) is 0 Å². The van der Waals surface area contributed by atoms with E-state index in [0.717, 1.165) is 18.5 Å². The van der Waals surface area contributed by atoms with E-state index in [1.165, 1.54) is 0 Å². The Bertz CT molecular complexity index is 452. The van der Waals surface area contributed by atoms with Gasteiger partial charge in [0, 0.05) is 26.3 Å². The van der Waals surface area contributed by atoms with Crippen LogP contribution in [0.25, 0.3) is 0 Å². The molecule has 2 rings (SSSR count). The second-order valence-corrected chi connectivity index (χ2v) is 6.64. The molecule has 0 amide bonds. The Balaban J connectivity index is 1.80. The van der Waals surface area contributed by atoms with Gasteiger partial charge in [-0.3, -0.25) is 4.68 Å². The summed E-state index contributed by atoms with van der Waals surface area (Å²) in [7, 11) is -0.958. The highest BCUT2D eigenvalue weighted by molar-refractivity contribution is 7.92. The molecular weight excluding hydrogens is 226 g/mol. The van der Waals surface area contributed by atoms with Crippen LogP contribution in [-0.4, -0.2) is 35.7 Å². The zero-order valence-corrected chi connectivity index (χ0v) is 10.2. The van der Waals surface area contributed by atoms with Crippen molar-refractivity contribution in [2.24, 2.45) is 7.05 Å². The van der Waals surface area contributed by atoms with E-state index in [-0.39, 0.29) is 5.25 Å². The van der Waals surface area contributed by atoms with Gasteiger partial charge >= 0.3 is 0 Å². The van der Waals surface area contributed by atoms with Crippen LogP contribution >= 0.6 is 0 Å². The van der Waals surface area contributed by atoms with Gasteiger partial charge in [0.15, 0.2) is 9.84 Å². The molecule has 0 spiro atoms. The van der Waals surface area contributed by atoms with Gasteiger partial charge in [-0.15, -0.1) is 0 Å². The summed E-state index contributed by atoms with van der Waals surface area (Å²) in [6.45, 7) is 1.17. The molecule has 2 heterocycles. The summed E-state index contributed by atoms with van der Waals surface area (Å²) in [5, 5.41) is 7.18. The molecule has 16 heavy (non-hydrogen) atoms. The van der Waals surface area contributed by atoms with Crippen molar-refractivity contribution >= 4 is 9.84 Å². The van der Waals surface area contributed by atoms with E-state index >= 15 is 0 Å². The molecule has 0 bridgehead atoms. The summed E-state index contributed by atoms with van der Waals surface area (Å²) < 4.78 is 24.8. The topological polar surface area (TPSA) is 64.0 Å². The first-order chi connectivity index (χ1) is 7.58. The van der Waals surface area contributed by atoms with E-state index in [2.05, 4.69) is 10.4 Å². The lowest BCUT2D eigenvalue weighted by molar-refractivity contribution is 0.571. The third-order valence-electron chi connectivity index (χ3n) is 2.91. The van der Waals surface area contributed by atoms with Crippen LogP contribution in [0.15, 0.2) is 12.3 Å². The first kappa shape index (κ1) is 11.6. The van der Waals surface area contributed by atoms with Crippen LogP contribution in [0.5, 0.6) is 0 Å². The lowest BCUT2D eigenvalue weighted by Crippen LogP contribution is -2.30. The summed E-state index contributed by atoms with van der Waals surface area (Å²) >= 11 is 0. The normalized spacial score (nSPS) is 23.7. The predicted molar refractivity (Wildman–Crippen MR) is 61.7 cm³/mol. The Labute approximate surface area is 95.8 Å². The molecule has 1 saturated heterocycles. The second-order valence-electron chi connectivity index (χ2n) is 4.24. The van der Waals surface area contributed by atoms with E-state index in [1.807, 2.05) is 19.3 Å². The second kappa shape index (κ2) is 4.55. The molecule has 1 atom stereocenters. The van der Waals surface area contributed by atoms with E-state index in [9.17, 15) is 8.42 Å². The number of nitrogens with zero attached hydrogens (tertiary/aromatic N) is 2. The fourth-order valence-corrected chi connectivity index (χ4v) is 3.81. The molecule has 1 aliphatic rings. The van der Waals surface area contributed by atoms with Crippen LogP contribution < -0.4 is 5.32 Å². The van der Waals surface area contributed by atoms with Gasteiger partial charge < -0.3 is 5.32 Å². The smallest absolute Gasteiger partial charge is 0.154 e. The van der Waals surface area contributed by atoms with Crippen molar-refractivity contribution in [2.75, 3.05) is 12.3 Å². The lowest BCUT2D eigenvalue weighted by atomic mass is 10.2. The first-order valence-corrected chi connectivity index (χ1v) is 7.20. The molecule has 0 aromatic carbocycles. The third-order valence-corrected chi connectivity index (χ3v) is 5.19. The number of aromatic nitrogens is 2. The molecule has 90 valence electrons. The Hall–Kier alpha value is -0.880. The molecule has 1 N–H and O–H groups in total. The number of aryl methyl sites for hydroxylation is 1. The van der Waals surface area contributed by atoms with E-state index in [1.54, 1.807) is 4.68 Å². The fourth-order valence-electron chi connectivity index (χ4n) is 2.01. The molecule has 1 aliphatic heterocycles. The fraction of sp³-hybridized carbons (Fsp3) is 0.700. The Morgan fingerprint density at radius 2 is 2.44 bits per heavy atom. The average Bonchev–Trinajstić information content (AvgIpc) is 2.74. The summed E-state index contributed by atoms with van der Waals surface area (Å²) in [6.07, 6.45) is 3.47.